The molecular formula is C16H18N4O. The highest BCUT2D eigenvalue weighted by Gasteiger charge is 2.39. The number of nitrogens with two attached hydrogens (primary N) is 1. The molecule has 1 aliphatic rings. The largest absolute Gasteiger partial charge is 0.368 e. The molecule has 1 amide bonds. The number of hydrogen-bond acceptors (Lipinski definition) is 4. The molecule has 21 heavy (non-hydrogen) atoms. The molecule has 3 N–H and O–H groups in total. The van der Waals surface area contributed by atoms with E-state index in [4.69, 9.17) is 5.73 Å². The second-order valence-electron chi connectivity index (χ2n) is 5.48. The number of primary amides is 1. The van der Waals surface area contributed by atoms with Crippen LogP contribution in [0.1, 0.15) is 18.4 Å². The van der Waals surface area contributed by atoms with Gasteiger partial charge in [-0.2, -0.15) is 0 Å². The lowest BCUT2D eigenvalue weighted by Crippen LogP contribution is -2.53. The van der Waals surface area contributed by atoms with E-state index in [-0.39, 0.29) is 5.91 Å². The molecule has 0 saturated carbocycles. The predicted octanol–water partition coefficient (Wildman–Crippen LogP) is 1.29. The number of carbonyl (C=O) groups is 1. The summed E-state index contributed by atoms with van der Waals surface area (Å²) in [5.41, 5.74) is 8.10. The van der Waals surface area contributed by atoms with Crippen LogP contribution in [0, 0.1) is 0 Å². The first-order valence-electron chi connectivity index (χ1n) is 7.09. The molecule has 5 nitrogen and oxygen atoms in total. The van der Waals surface area contributed by atoms with E-state index in [1.54, 1.807) is 12.4 Å². The molecule has 0 spiro atoms. The van der Waals surface area contributed by atoms with Crippen molar-refractivity contribution in [3.63, 3.8) is 0 Å². The van der Waals surface area contributed by atoms with E-state index in [0.717, 1.165) is 36.1 Å². The maximum absolute atomic E-state index is 11.8. The van der Waals surface area contributed by atoms with Crippen molar-refractivity contribution in [1.82, 2.24) is 15.3 Å². The summed E-state index contributed by atoms with van der Waals surface area (Å²) < 4.78 is 0. The highest BCUT2D eigenvalue weighted by atomic mass is 16.1. The Morgan fingerprint density at radius 1 is 1.29 bits per heavy atom. The molecule has 1 aromatic heterocycles. The van der Waals surface area contributed by atoms with E-state index in [1.807, 2.05) is 18.2 Å². The van der Waals surface area contributed by atoms with Gasteiger partial charge in [0.15, 0.2) is 0 Å². The summed E-state index contributed by atoms with van der Waals surface area (Å²) in [4.78, 5) is 19.9. The van der Waals surface area contributed by atoms with Crippen molar-refractivity contribution >= 4 is 5.91 Å². The summed E-state index contributed by atoms with van der Waals surface area (Å²) in [6.07, 6.45) is 7.46. The van der Waals surface area contributed by atoms with Crippen LogP contribution in [0.3, 0.4) is 0 Å². The first kappa shape index (κ1) is 13.7. The highest BCUT2D eigenvalue weighted by Crippen LogP contribution is 2.26. The second-order valence-corrected chi connectivity index (χ2v) is 5.48. The van der Waals surface area contributed by atoms with Gasteiger partial charge in [-0.05, 0) is 36.9 Å². The molecule has 1 atom stereocenters. The van der Waals surface area contributed by atoms with Gasteiger partial charge in [-0.1, -0.05) is 24.3 Å². The lowest BCUT2D eigenvalue weighted by Gasteiger charge is -2.26. The molecule has 108 valence electrons. The van der Waals surface area contributed by atoms with E-state index >= 15 is 0 Å². The standard InChI is InChI=1S/C16H18N4O/c17-15(21)16(5-2-6-20-16)8-12-3-1-4-13(7-12)14-9-18-11-19-10-14/h1,3-4,7,9-11,20H,2,5-6,8H2,(H2,17,21). The molecule has 1 unspecified atom stereocenters. The Morgan fingerprint density at radius 2 is 2.10 bits per heavy atom. The number of benzene rings is 1. The molecular weight excluding hydrogens is 264 g/mol. The summed E-state index contributed by atoms with van der Waals surface area (Å²) >= 11 is 0. The van der Waals surface area contributed by atoms with Gasteiger partial charge in [-0.15, -0.1) is 0 Å². The molecule has 5 heteroatoms. The van der Waals surface area contributed by atoms with Crippen LogP contribution in [0.4, 0.5) is 0 Å². The van der Waals surface area contributed by atoms with E-state index in [2.05, 4.69) is 21.4 Å². The number of aromatic nitrogens is 2. The van der Waals surface area contributed by atoms with E-state index in [0.29, 0.717) is 6.42 Å². The molecule has 1 aromatic carbocycles. The van der Waals surface area contributed by atoms with Gasteiger partial charge in [0.25, 0.3) is 0 Å². The van der Waals surface area contributed by atoms with Gasteiger partial charge in [0.2, 0.25) is 5.91 Å². The lowest BCUT2D eigenvalue weighted by molar-refractivity contribution is -0.123. The maximum Gasteiger partial charge on any atom is 0.238 e. The molecule has 2 heterocycles. The Hall–Kier alpha value is -2.27. The fraction of sp³-hybridized carbons (Fsp3) is 0.312. The van der Waals surface area contributed by atoms with Crippen LogP contribution >= 0.6 is 0 Å². The Bertz CT molecular complexity index is 636. The predicted molar refractivity (Wildman–Crippen MR) is 80.3 cm³/mol. The lowest BCUT2D eigenvalue weighted by atomic mass is 9.88. The number of carbonyl (C=O) groups excluding carboxylic acids is 1. The van der Waals surface area contributed by atoms with Crippen molar-refractivity contribution in [2.24, 2.45) is 5.73 Å². The Kier molecular flexibility index (Phi) is 3.66. The van der Waals surface area contributed by atoms with Crippen molar-refractivity contribution < 1.29 is 4.79 Å². The smallest absolute Gasteiger partial charge is 0.238 e. The quantitative estimate of drug-likeness (QED) is 0.885. The molecule has 1 aliphatic heterocycles. The van der Waals surface area contributed by atoms with Crippen molar-refractivity contribution in [3.05, 3.63) is 48.5 Å². The number of hydrogen-bond donors (Lipinski definition) is 2. The molecule has 1 saturated heterocycles. The monoisotopic (exact) mass is 282 g/mol. The minimum Gasteiger partial charge on any atom is -0.368 e. The third kappa shape index (κ3) is 2.78. The van der Waals surface area contributed by atoms with Gasteiger partial charge < -0.3 is 11.1 Å². The summed E-state index contributed by atoms with van der Waals surface area (Å²) in [7, 11) is 0. The minimum absolute atomic E-state index is 0.270. The molecule has 3 rings (SSSR count). The Balaban J connectivity index is 1.88. The van der Waals surface area contributed by atoms with Crippen LogP contribution in [0.15, 0.2) is 43.0 Å². The van der Waals surface area contributed by atoms with Crippen LogP contribution in [-0.2, 0) is 11.2 Å². The summed E-state index contributed by atoms with van der Waals surface area (Å²) in [6.45, 7) is 0.842. The minimum atomic E-state index is -0.605. The van der Waals surface area contributed by atoms with Crippen LogP contribution in [0.2, 0.25) is 0 Å². The fourth-order valence-corrected chi connectivity index (χ4v) is 2.91. The van der Waals surface area contributed by atoms with Crippen LogP contribution in [0.25, 0.3) is 11.1 Å². The molecule has 0 aliphatic carbocycles. The zero-order valence-corrected chi connectivity index (χ0v) is 11.7. The van der Waals surface area contributed by atoms with Crippen LogP contribution in [-0.4, -0.2) is 28.0 Å². The zero-order chi connectivity index (χ0) is 14.7. The van der Waals surface area contributed by atoms with Crippen LogP contribution < -0.4 is 11.1 Å². The Morgan fingerprint density at radius 3 is 2.76 bits per heavy atom. The van der Waals surface area contributed by atoms with Crippen molar-refractivity contribution in [1.29, 1.82) is 0 Å². The first-order chi connectivity index (χ1) is 10.2. The third-order valence-corrected chi connectivity index (χ3v) is 4.04. The van der Waals surface area contributed by atoms with Gasteiger partial charge in [-0.25, -0.2) is 9.97 Å². The van der Waals surface area contributed by atoms with Gasteiger partial charge in [0.05, 0.1) is 0 Å². The highest BCUT2D eigenvalue weighted by molar-refractivity contribution is 5.85. The topological polar surface area (TPSA) is 80.9 Å². The fourth-order valence-electron chi connectivity index (χ4n) is 2.91. The molecule has 1 fully saturated rings. The Labute approximate surface area is 123 Å². The van der Waals surface area contributed by atoms with Gasteiger partial charge in [0.1, 0.15) is 11.9 Å². The average molecular weight is 282 g/mol. The number of amides is 1. The maximum atomic E-state index is 11.8. The zero-order valence-electron chi connectivity index (χ0n) is 11.7. The SMILES string of the molecule is NC(=O)C1(Cc2cccc(-c3cncnc3)c2)CCCN1. The van der Waals surface area contributed by atoms with Crippen molar-refractivity contribution in [2.45, 2.75) is 24.8 Å². The first-order valence-corrected chi connectivity index (χ1v) is 7.09. The number of nitrogens with zero attached hydrogens (tertiary/aromatic N) is 2. The van der Waals surface area contributed by atoms with Crippen LogP contribution in [0.5, 0.6) is 0 Å². The molecule has 0 radical (unpaired) electrons. The normalized spacial score (nSPS) is 21.3. The summed E-state index contributed by atoms with van der Waals surface area (Å²) in [5, 5.41) is 3.28. The molecule has 2 aromatic rings. The number of nitrogens with one attached hydrogen (secondary N) is 1. The van der Waals surface area contributed by atoms with Gasteiger partial charge >= 0.3 is 0 Å². The second kappa shape index (κ2) is 5.61. The van der Waals surface area contributed by atoms with Gasteiger partial charge in [-0.3, -0.25) is 4.79 Å². The average Bonchev–Trinajstić information content (AvgIpc) is 2.98. The van der Waals surface area contributed by atoms with E-state index in [1.165, 1.54) is 6.33 Å². The van der Waals surface area contributed by atoms with E-state index < -0.39 is 5.54 Å². The van der Waals surface area contributed by atoms with Crippen molar-refractivity contribution in [2.75, 3.05) is 6.54 Å². The van der Waals surface area contributed by atoms with Crippen molar-refractivity contribution in [3.8, 4) is 11.1 Å². The van der Waals surface area contributed by atoms with E-state index in [9.17, 15) is 4.79 Å². The van der Waals surface area contributed by atoms with Gasteiger partial charge in [0, 0.05) is 18.0 Å². The summed E-state index contributed by atoms with van der Waals surface area (Å²) in [6, 6.07) is 8.10. The number of rotatable bonds is 4. The molecule has 0 bridgehead atoms. The third-order valence-electron chi connectivity index (χ3n) is 4.04. The summed E-state index contributed by atoms with van der Waals surface area (Å²) in [5.74, 6) is -0.270.